The van der Waals surface area contributed by atoms with Gasteiger partial charge < -0.3 is 14.8 Å². The molecule has 2 rings (SSSR count). The maximum Gasteiger partial charge on any atom is 0.311 e. The quantitative estimate of drug-likeness (QED) is 0.799. The average Bonchev–Trinajstić information content (AvgIpc) is 2.74. The van der Waals surface area contributed by atoms with E-state index in [4.69, 9.17) is 4.74 Å². The lowest BCUT2D eigenvalue weighted by molar-refractivity contribution is -0.139. The zero-order chi connectivity index (χ0) is 13.0. The normalized spacial score (nSPS) is 22.3. The van der Waals surface area contributed by atoms with E-state index in [9.17, 15) is 4.79 Å². The Bertz CT molecular complexity index is 402. The molecule has 5 nitrogen and oxygen atoms in total. The summed E-state index contributed by atoms with van der Waals surface area (Å²) in [6.07, 6.45) is 2.68. The number of methoxy groups -OCH3 is 1. The van der Waals surface area contributed by atoms with Gasteiger partial charge in [0.2, 0.25) is 0 Å². The van der Waals surface area contributed by atoms with Gasteiger partial charge in [0, 0.05) is 18.0 Å². The molecule has 0 atom stereocenters. The number of nitrogens with zero attached hydrogens (tertiary/aromatic N) is 1. The third-order valence-corrected chi connectivity index (χ3v) is 3.75. The fraction of sp³-hybridized carbons (Fsp3) is 0.667. The molecule has 0 bridgehead atoms. The number of hydrogen-bond acceptors (Lipinski definition) is 6. The molecule has 1 aliphatic rings. The monoisotopic (exact) mass is 270 g/mol. The molecule has 1 saturated carbocycles. The first-order chi connectivity index (χ1) is 8.71. The van der Waals surface area contributed by atoms with Gasteiger partial charge in [0.05, 0.1) is 25.3 Å². The highest BCUT2D eigenvalue weighted by Crippen LogP contribution is 2.28. The summed E-state index contributed by atoms with van der Waals surface area (Å²) in [5.74, 6) is -0.257. The second kappa shape index (κ2) is 6.15. The van der Waals surface area contributed by atoms with Crippen molar-refractivity contribution in [3.8, 4) is 0 Å². The van der Waals surface area contributed by atoms with E-state index < -0.39 is 0 Å². The minimum atomic E-state index is -0.257. The number of aromatic nitrogens is 1. The molecular formula is C12H18N2O3S. The van der Waals surface area contributed by atoms with E-state index in [0.717, 1.165) is 30.3 Å². The topological polar surface area (TPSA) is 60.5 Å². The predicted octanol–water partition coefficient (Wildman–Crippen LogP) is 1.84. The van der Waals surface area contributed by atoms with E-state index in [1.54, 1.807) is 0 Å². The molecule has 6 heteroatoms. The van der Waals surface area contributed by atoms with Crippen LogP contribution in [0.1, 0.15) is 25.5 Å². The van der Waals surface area contributed by atoms with Crippen LogP contribution in [0.5, 0.6) is 0 Å². The van der Waals surface area contributed by atoms with Gasteiger partial charge in [-0.15, -0.1) is 11.3 Å². The van der Waals surface area contributed by atoms with Crippen molar-refractivity contribution in [2.45, 2.75) is 38.3 Å². The fourth-order valence-corrected chi connectivity index (χ4v) is 2.69. The molecule has 0 unspecified atom stereocenters. The minimum absolute atomic E-state index is 0.237. The molecule has 1 aliphatic carbocycles. The Balaban J connectivity index is 1.76. The lowest BCUT2D eigenvalue weighted by Crippen LogP contribution is -2.40. The summed E-state index contributed by atoms with van der Waals surface area (Å²) < 4.78 is 10.1. The molecular weight excluding hydrogens is 252 g/mol. The van der Waals surface area contributed by atoms with Crippen LogP contribution in [0.15, 0.2) is 5.38 Å². The van der Waals surface area contributed by atoms with E-state index >= 15 is 0 Å². The summed E-state index contributed by atoms with van der Waals surface area (Å²) in [6.45, 7) is 2.79. The minimum Gasteiger partial charge on any atom is -0.469 e. The first-order valence-corrected chi connectivity index (χ1v) is 6.98. The summed E-state index contributed by atoms with van der Waals surface area (Å²) in [4.78, 5) is 15.5. The largest absolute Gasteiger partial charge is 0.469 e. The van der Waals surface area contributed by atoms with Crippen molar-refractivity contribution in [3.05, 3.63) is 11.1 Å². The van der Waals surface area contributed by atoms with Crippen molar-refractivity contribution in [2.75, 3.05) is 19.0 Å². The Morgan fingerprint density at radius 2 is 2.39 bits per heavy atom. The third-order valence-electron chi connectivity index (χ3n) is 2.93. The van der Waals surface area contributed by atoms with Crippen LogP contribution in [0, 0.1) is 0 Å². The molecule has 0 amide bonds. The van der Waals surface area contributed by atoms with Crippen LogP contribution in [-0.2, 0) is 20.7 Å². The van der Waals surface area contributed by atoms with Gasteiger partial charge in [0.1, 0.15) is 0 Å². The van der Waals surface area contributed by atoms with Crippen molar-refractivity contribution in [3.63, 3.8) is 0 Å². The van der Waals surface area contributed by atoms with Crippen LogP contribution in [0.2, 0.25) is 0 Å². The maximum atomic E-state index is 11.1. The van der Waals surface area contributed by atoms with Gasteiger partial charge in [-0.1, -0.05) is 0 Å². The van der Waals surface area contributed by atoms with E-state index in [2.05, 4.69) is 15.0 Å². The molecule has 1 aromatic heterocycles. The molecule has 0 spiro atoms. The van der Waals surface area contributed by atoms with Crippen LogP contribution >= 0.6 is 11.3 Å². The summed E-state index contributed by atoms with van der Waals surface area (Å²) in [6, 6.07) is 0.443. The van der Waals surface area contributed by atoms with Crippen molar-refractivity contribution in [2.24, 2.45) is 0 Å². The van der Waals surface area contributed by atoms with E-state index in [1.165, 1.54) is 18.4 Å². The van der Waals surface area contributed by atoms with Crippen molar-refractivity contribution in [1.82, 2.24) is 4.98 Å². The maximum absolute atomic E-state index is 11.1. The van der Waals surface area contributed by atoms with Gasteiger partial charge in [0.25, 0.3) is 0 Å². The summed E-state index contributed by atoms with van der Waals surface area (Å²) in [5.41, 5.74) is 0.759. The van der Waals surface area contributed by atoms with Crippen molar-refractivity contribution < 1.29 is 14.3 Å². The lowest BCUT2D eigenvalue weighted by atomic mass is 9.89. The van der Waals surface area contributed by atoms with Gasteiger partial charge in [-0.25, -0.2) is 4.98 Å². The molecule has 0 radical (unpaired) electrons. The second-order valence-electron chi connectivity index (χ2n) is 4.29. The van der Waals surface area contributed by atoms with Crippen LogP contribution in [0.3, 0.4) is 0 Å². The number of rotatable bonds is 6. The zero-order valence-electron chi connectivity index (χ0n) is 10.6. The van der Waals surface area contributed by atoms with Gasteiger partial charge in [-0.3, -0.25) is 4.79 Å². The van der Waals surface area contributed by atoms with E-state index in [1.807, 2.05) is 12.3 Å². The van der Waals surface area contributed by atoms with Gasteiger partial charge in [0.15, 0.2) is 5.13 Å². The predicted molar refractivity (Wildman–Crippen MR) is 69.9 cm³/mol. The highest BCUT2D eigenvalue weighted by atomic mass is 32.1. The number of nitrogens with one attached hydrogen (secondary N) is 1. The summed E-state index contributed by atoms with van der Waals surface area (Å²) in [5, 5.41) is 6.11. The highest BCUT2D eigenvalue weighted by molar-refractivity contribution is 7.13. The van der Waals surface area contributed by atoms with Crippen LogP contribution < -0.4 is 5.32 Å². The molecule has 18 heavy (non-hydrogen) atoms. The number of anilines is 1. The fourth-order valence-electron chi connectivity index (χ4n) is 1.90. The average molecular weight is 270 g/mol. The lowest BCUT2D eigenvalue weighted by Gasteiger charge is -2.35. The third kappa shape index (κ3) is 3.43. The SMILES string of the molecule is CCOC1CC(Nc2nc(CC(=O)OC)cs2)C1. The van der Waals surface area contributed by atoms with E-state index in [-0.39, 0.29) is 12.4 Å². The molecule has 1 fully saturated rings. The number of esters is 1. The van der Waals surface area contributed by atoms with Gasteiger partial charge >= 0.3 is 5.97 Å². The zero-order valence-corrected chi connectivity index (χ0v) is 11.5. The van der Waals surface area contributed by atoms with Crippen LogP contribution in [-0.4, -0.2) is 36.8 Å². The smallest absolute Gasteiger partial charge is 0.311 e. The molecule has 1 aromatic rings. The Labute approximate surface area is 111 Å². The first-order valence-electron chi connectivity index (χ1n) is 6.10. The number of hydrogen-bond donors (Lipinski definition) is 1. The number of thiazole rings is 1. The van der Waals surface area contributed by atoms with Gasteiger partial charge in [-0.2, -0.15) is 0 Å². The Kier molecular flexibility index (Phi) is 4.54. The molecule has 0 aliphatic heterocycles. The van der Waals surface area contributed by atoms with Gasteiger partial charge in [-0.05, 0) is 19.8 Å². The first kappa shape index (κ1) is 13.3. The van der Waals surface area contributed by atoms with E-state index in [0.29, 0.717) is 12.1 Å². The number of carbonyl (C=O) groups is 1. The summed E-state index contributed by atoms with van der Waals surface area (Å²) in [7, 11) is 1.39. The molecule has 100 valence electrons. The number of ether oxygens (including phenoxy) is 2. The summed E-state index contributed by atoms with van der Waals surface area (Å²) >= 11 is 1.52. The highest BCUT2D eigenvalue weighted by Gasteiger charge is 2.29. The van der Waals surface area contributed by atoms with Crippen LogP contribution in [0.25, 0.3) is 0 Å². The van der Waals surface area contributed by atoms with Crippen molar-refractivity contribution >= 4 is 22.4 Å². The Morgan fingerprint density at radius 1 is 1.61 bits per heavy atom. The molecule has 1 heterocycles. The Morgan fingerprint density at radius 3 is 3.06 bits per heavy atom. The number of carbonyl (C=O) groups excluding carboxylic acids is 1. The molecule has 0 saturated heterocycles. The standard InChI is InChI=1S/C12H18N2O3S/c1-3-17-10-4-8(5-10)13-12-14-9(7-18-12)6-11(15)16-2/h7-8,10H,3-6H2,1-2H3,(H,13,14). The van der Waals surface area contributed by atoms with Crippen molar-refractivity contribution in [1.29, 1.82) is 0 Å². The molecule has 0 aromatic carbocycles. The molecule has 1 N–H and O–H groups in total. The van der Waals surface area contributed by atoms with Crippen LogP contribution in [0.4, 0.5) is 5.13 Å². The Hall–Kier alpha value is -1.14. The second-order valence-corrected chi connectivity index (χ2v) is 5.15.